The van der Waals surface area contributed by atoms with E-state index in [9.17, 15) is 13.2 Å². The zero-order chi connectivity index (χ0) is 17.9. The predicted molar refractivity (Wildman–Crippen MR) is 96.1 cm³/mol. The van der Waals surface area contributed by atoms with Crippen LogP contribution in [-0.2, 0) is 16.4 Å². The average molecular weight is 355 g/mol. The maximum Gasteiger partial charge on any atom is 0.264 e. The predicted octanol–water partition coefficient (Wildman–Crippen LogP) is 2.47. The molecule has 2 N–H and O–H groups in total. The zero-order valence-electron chi connectivity index (χ0n) is 13.6. The number of nitrogens with one attached hydrogen (secondary N) is 2. The van der Waals surface area contributed by atoms with Gasteiger partial charge in [0.25, 0.3) is 15.6 Å². The van der Waals surface area contributed by atoms with Crippen molar-refractivity contribution >= 4 is 16.0 Å². The lowest BCUT2D eigenvalue weighted by atomic mass is 10.1. The molecule has 0 spiro atoms. The molecular weight excluding hydrogens is 338 g/mol. The van der Waals surface area contributed by atoms with Gasteiger partial charge in [0.15, 0.2) is 0 Å². The molecule has 0 aliphatic heterocycles. The third-order valence-corrected chi connectivity index (χ3v) is 5.09. The summed E-state index contributed by atoms with van der Waals surface area (Å²) in [5, 5.41) is 0. The molecule has 0 saturated heterocycles. The summed E-state index contributed by atoms with van der Waals surface area (Å²) in [6.45, 7) is 1.69. The van der Waals surface area contributed by atoms with Gasteiger partial charge in [-0.3, -0.25) is 9.78 Å². The molecule has 1 aromatic heterocycles. The highest BCUT2D eigenvalue weighted by atomic mass is 32.2. The van der Waals surface area contributed by atoms with Crippen LogP contribution in [0.3, 0.4) is 0 Å². The van der Waals surface area contributed by atoms with Crippen LogP contribution in [-0.4, -0.2) is 18.4 Å². The van der Waals surface area contributed by atoms with Crippen molar-refractivity contribution in [3.05, 3.63) is 87.8 Å². The SMILES string of the molecule is Cc1nc(NS(=O)(=O)c2ccccc2)[nH]c(=O)c1Cc1ccccc1. The third kappa shape index (κ3) is 3.95. The van der Waals surface area contributed by atoms with Gasteiger partial charge in [0.05, 0.1) is 10.6 Å². The Bertz CT molecular complexity index is 1030. The molecule has 6 nitrogen and oxygen atoms in total. The van der Waals surface area contributed by atoms with Crippen molar-refractivity contribution < 1.29 is 8.42 Å². The first-order valence-corrected chi connectivity index (χ1v) is 9.15. The summed E-state index contributed by atoms with van der Waals surface area (Å²) < 4.78 is 27.0. The van der Waals surface area contributed by atoms with Crippen LogP contribution < -0.4 is 10.3 Å². The Kier molecular flexibility index (Phi) is 4.67. The molecule has 7 heteroatoms. The van der Waals surface area contributed by atoms with Crippen molar-refractivity contribution in [1.82, 2.24) is 9.97 Å². The van der Waals surface area contributed by atoms with Crippen LogP contribution in [0.25, 0.3) is 0 Å². The molecule has 0 unspecified atom stereocenters. The maximum atomic E-state index is 12.4. The van der Waals surface area contributed by atoms with Crippen molar-refractivity contribution in [3.8, 4) is 0 Å². The summed E-state index contributed by atoms with van der Waals surface area (Å²) in [5.74, 6) is -0.0943. The van der Waals surface area contributed by atoms with Crippen LogP contribution in [0.2, 0.25) is 0 Å². The van der Waals surface area contributed by atoms with E-state index in [1.807, 2.05) is 30.3 Å². The first kappa shape index (κ1) is 16.9. The first-order chi connectivity index (χ1) is 12.0. The standard InChI is InChI=1S/C18H17N3O3S/c1-13-16(12-14-8-4-2-5-9-14)17(22)20-18(19-13)21-25(23,24)15-10-6-3-7-11-15/h2-11H,12H2,1H3,(H2,19,20,21,22). The molecule has 25 heavy (non-hydrogen) atoms. The van der Waals surface area contributed by atoms with E-state index in [2.05, 4.69) is 14.7 Å². The van der Waals surface area contributed by atoms with Gasteiger partial charge in [0, 0.05) is 12.0 Å². The van der Waals surface area contributed by atoms with Gasteiger partial charge >= 0.3 is 0 Å². The van der Waals surface area contributed by atoms with Crippen molar-refractivity contribution in [2.24, 2.45) is 0 Å². The number of rotatable bonds is 5. The third-order valence-electron chi connectivity index (χ3n) is 3.73. The minimum atomic E-state index is -3.80. The first-order valence-electron chi connectivity index (χ1n) is 7.67. The second-order valence-electron chi connectivity index (χ2n) is 5.56. The van der Waals surface area contributed by atoms with Crippen LogP contribution >= 0.6 is 0 Å². The van der Waals surface area contributed by atoms with Crippen LogP contribution in [0.4, 0.5) is 5.95 Å². The highest BCUT2D eigenvalue weighted by molar-refractivity contribution is 7.92. The molecule has 0 radical (unpaired) electrons. The molecule has 0 atom stereocenters. The van der Waals surface area contributed by atoms with E-state index in [1.54, 1.807) is 25.1 Å². The van der Waals surface area contributed by atoms with Crippen LogP contribution in [0, 0.1) is 6.92 Å². The Balaban J connectivity index is 1.89. The largest absolute Gasteiger partial charge is 0.292 e. The normalized spacial score (nSPS) is 11.2. The Morgan fingerprint density at radius 1 is 1.00 bits per heavy atom. The molecule has 0 aliphatic rings. The van der Waals surface area contributed by atoms with Crippen molar-refractivity contribution in [1.29, 1.82) is 0 Å². The van der Waals surface area contributed by atoms with Gasteiger partial charge < -0.3 is 0 Å². The number of nitrogens with zero attached hydrogens (tertiary/aromatic N) is 1. The molecule has 0 bridgehead atoms. The zero-order valence-corrected chi connectivity index (χ0v) is 14.4. The van der Waals surface area contributed by atoms with Gasteiger partial charge in [-0.2, -0.15) is 0 Å². The second kappa shape index (κ2) is 6.90. The lowest BCUT2D eigenvalue weighted by Gasteiger charge is -2.10. The Morgan fingerprint density at radius 3 is 2.20 bits per heavy atom. The Labute approximate surface area is 145 Å². The van der Waals surface area contributed by atoms with Gasteiger partial charge in [-0.25, -0.2) is 18.1 Å². The minimum Gasteiger partial charge on any atom is -0.292 e. The Morgan fingerprint density at radius 2 is 1.60 bits per heavy atom. The van der Waals surface area contributed by atoms with E-state index in [0.29, 0.717) is 17.7 Å². The fourth-order valence-corrected chi connectivity index (χ4v) is 3.44. The number of aromatic nitrogens is 2. The van der Waals surface area contributed by atoms with Gasteiger partial charge in [0.2, 0.25) is 5.95 Å². The van der Waals surface area contributed by atoms with E-state index in [-0.39, 0.29) is 16.4 Å². The second-order valence-corrected chi connectivity index (χ2v) is 7.24. The van der Waals surface area contributed by atoms with Crippen LogP contribution in [0.1, 0.15) is 16.8 Å². The van der Waals surface area contributed by atoms with Gasteiger partial charge in [0.1, 0.15) is 0 Å². The number of hydrogen-bond donors (Lipinski definition) is 2. The highest BCUT2D eigenvalue weighted by Gasteiger charge is 2.16. The summed E-state index contributed by atoms with van der Waals surface area (Å²) in [4.78, 5) is 19.2. The van der Waals surface area contributed by atoms with Crippen molar-refractivity contribution in [3.63, 3.8) is 0 Å². The molecule has 3 rings (SSSR count). The lowest BCUT2D eigenvalue weighted by molar-refractivity contribution is 0.600. The van der Waals surface area contributed by atoms with Gasteiger partial charge in [-0.15, -0.1) is 0 Å². The molecule has 2 aromatic carbocycles. The number of aryl methyl sites for hydroxylation is 1. The van der Waals surface area contributed by atoms with E-state index in [0.717, 1.165) is 5.56 Å². The molecule has 3 aromatic rings. The monoisotopic (exact) mass is 355 g/mol. The molecule has 0 saturated carbocycles. The van der Waals surface area contributed by atoms with E-state index < -0.39 is 10.0 Å². The summed E-state index contributed by atoms with van der Waals surface area (Å²) >= 11 is 0. The summed E-state index contributed by atoms with van der Waals surface area (Å²) in [5.41, 5.74) is 1.62. The smallest absolute Gasteiger partial charge is 0.264 e. The molecule has 0 amide bonds. The van der Waals surface area contributed by atoms with Crippen molar-refractivity contribution in [2.75, 3.05) is 4.72 Å². The molecule has 0 fully saturated rings. The van der Waals surface area contributed by atoms with Gasteiger partial charge in [-0.05, 0) is 24.6 Å². The summed E-state index contributed by atoms with van der Waals surface area (Å²) in [6.07, 6.45) is 0.431. The van der Waals surface area contributed by atoms with E-state index in [1.165, 1.54) is 12.1 Å². The Hall–Kier alpha value is -2.93. The highest BCUT2D eigenvalue weighted by Crippen LogP contribution is 2.14. The van der Waals surface area contributed by atoms with Crippen LogP contribution in [0.15, 0.2) is 70.4 Å². The lowest BCUT2D eigenvalue weighted by Crippen LogP contribution is -2.22. The number of aromatic amines is 1. The van der Waals surface area contributed by atoms with E-state index >= 15 is 0 Å². The fraction of sp³-hybridized carbons (Fsp3) is 0.111. The van der Waals surface area contributed by atoms with Crippen molar-refractivity contribution in [2.45, 2.75) is 18.2 Å². The van der Waals surface area contributed by atoms with Crippen LogP contribution in [0.5, 0.6) is 0 Å². The number of anilines is 1. The summed E-state index contributed by atoms with van der Waals surface area (Å²) in [6, 6.07) is 17.5. The number of hydrogen-bond acceptors (Lipinski definition) is 4. The molecule has 128 valence electrons. The number of sulfonamides is 1. The molecule has 1 heterocycles. The maximum absolute atomic E-state index is 12.4. The fourth-order valence-electron chi connectivity index (χ4n) is 2.45. The molecule has 0 aliphatic carbocycles. The quantitative estimate of drug-likeness (QED) is 0.735. The van der Waals surface area contributed by atoms with Gasteiger partial charge in [-0.1, -0.05) is 48.5 Å². The summed E-state index contributed by atoms with van der Waals surface area (Å²) in [7, 11) is -3.80. The van der Waals surface area contributed by atoms with E-state index in [4.69, 9.17) is 0 Å². The average Bonchev–Trinajstić information content (AvgIpc) is 2.59. The molecular formula is C18H17N3O3S. The number of benzene rings is 2. The number of H-pyrrole nitrogens is 1. The minimum absolute atomic E-state index is 0.0943. The topological polar surface area (TPSA) is 91.9 Å².